The van der Waals surface area contributed by atoms with Crippen LogP contribution in [0.2, 0.25) is 0 Å². The number of rotatable bonds is 3. The van der Waals surface area contributed by atoms with Gasteiger partial charge < -0.3 is 0 Å². The monoisotopic (exact) mass is 137 g/mol. The second-order valence-electron chi connectivity index (χ2n) is 3.46. The van der Waals surface area contributed by atoms with Crippen LogP contribution >= 0.6 is 0 Å². The highest BCUT2D eigenvalue weighted by atomic mass is 14.5. The van der Waals surface area contributed by atoms with Crippen molar-refractivity contribution in [1.29, 1.82) is 5.26 Å². The van der Waals surface area contributed by atoms with Crippen molar-refractivity contribution in [3.05, 3.63) is 0 Å². The van der Waals surface area contributed by atoms with Crippen LogP contribution in [0.3, 0.4) is 0 Å². The van der Waals surface area contributed by atoms with Gasteiger partial charge in [0.25, 0.3) is 0 Å². The van der Waals surface area contributed by atoms with Gasteiger partial charge in [-0.25, -0.2) is 0 Å². The van der Waals surface area contributed by atoms with Crippen LogP contribution in [-0.4, -0.2) is 0 Å². The molecule has 1 rings (SSSR count). The fourth-order valence-electron chi connectivity index (χ4n) is 1.56. The fourth-order valence-corrected chi connectivity index (χ4v) is 1.56. The minimum Gasteiger partial charge on any atom is -0.198 e. The summed E-state index contributed by atoms with van der Waals surface area (Å²) in [5, 5.41) is 8.80. The van der Waals surface area contributed by atoms with E-state index in [-0.39, 0.29) is 5.41 Å². The normalized spacial score (nSPS) is 23.3. The molecule has 0 N–H and O–H groups in total. The molecule has 1 unspecified atom stereocenters. The highest BCUT2D eigenvalue weighted by molar-refractivity contribution is 5.11. The summed E-state index contributed by atoms with van der Waals surface area (Å²) < 4.78 is 0. The summed E-state index contributed by atoms with van der Waals surface area (Å²) in [7, 11) is 0. The maximum Gasteiger partial charge on any atom is 0.0692 e. The second kappa shape index (κ2) is 2.62. The topological polar surface area (TPSA) is 23.8 Å². The summed E-state index contributed by atoms with van der Waals surface area (Å²) in [6, 6.07) is 2.44. The average molecular weight is 137 g/mol. The largest absolute Gasteiger partial charge is 0.198 e. The molecule has 0 aromatic rings. The molecule has 0 spiro atoms. The summed E-state index contributed by atoms with van der Waals surface area (Å²) >= 11 is 0. The van der Waals surface area contributed by atoms with Crippen LogP contribution in [0, 0.1) is 22.7 Å². The van der Waals surface area contributed by atoms with Crippen molar-refractivity contribution in [2.75, 3.05) is 0 Å². The Morgan fingerprint density at radius 3 is 2.50 bits per heavy atom. The van der Waals surface area contributed by atoms with Crippen LogP contribution in [0.4, 0.5) is 0 Å². The first kappa shape index (κ1) is 7.60. The van der Waals surface area contributed by atoms with Gasteiger partial charge in [0, 0.05) is 0 Å². The molecule has 1 saturated carbocycles. The van der Waals surface area contributed by atoms with Crippen LogP contribution < -0.4 is 0 Å². The zero-order valence-corrected chi connectivity index (χ0v) is 6.85. The lowest BCUT2D eigenvalue weighted by molar-refractivity contribution is 0.388. The average Bonchev–Trinajstić information content (AvgIpc) is 2.68. The zero-order valence-electron chi connectivity index (χ0n) is 6.85. The van der Waals surface area contributed by atoms with Crippen LogP contribution in [0.5, 0.6) is 0 Å². The van der Waals surface area contributed by atoms with E-state index in [0.717, 1.165) is 12.8 Å². The first-order valence-electron chi connectivity index (χ1n) is 4.16. The number of nitrogens with zero attached hydrogens (tertiary/aromatic N) is 1. The summed E-state index contributed by atoms with van der Waals surface area (Å²) in [6.07, 6.45) is 4.72. The van der Waals surface area contributed by atoms with Gasteiger partial charge >= 0.3 is 0 Å². The van der Waals surface area contributed by atoms with Gasteiger partial charge in [-0.1, -0.05) is 20.3 Å². The van der Waals surface area contributed by atoms with Crippen LogP contribution in [-0.2, 0) is 0 Å². The van der Waals surface area contributed by atoms with E-state index in [1.165, 1.54) is 12.8 Å². The second-order valence-corrected chi connectivity index (χ2v) is 3.46. The molecule has 0 saturated heterocycles. The Balaban J connectivity index is 2.41. The van der Waals surface area contributed by atoms with Crippen molar-refractivity contribution < 1.29 is 0 Å². The Kier molecular flexibility index (Phi) is 1.99. The molecule has 1 nitrogen and oxygen atoms in total. The standard InChI is InChI=1S/C9H15N/c1-3-4-8(2)9(7-10)5-6-9/h8H,3-6H2,1-2H3. The molecule has 1 aliphatic carbocycles. The van der Waals surface area contributed by atoms with E-state index in [0.29, 0.717) is 5.92 Å². The molecule has 1 aliphatic rings. The smallest absolute Gasteiger partial charge is 0.0692 e. The van der Waals surface area contributed by atoms with Crippen LogP contribution in [0.25, 0.3) is 0 Å². The van der Waals surface area contributed by atoms with Gasteiger partial charge in [-0.05, 0) is 25.2 Å². The SMILES string of the molecule is CCCC(C)C1(C#N)CC1. The third-order valence-corrected chi connectivity index (χ3v) is 2.68. The molecular formula is C9H15N. The minimum absolute atomic E-state index is 0.107. The van der Waals surface area contributed by atoms with Crippen molar-refractivity contribution in [1.82, 2.24) is 0 Å². The Labute approximate surface area is 63.0 Å². The Morgan fingerprint density at radius 1 is 1.60 bits per heavy atom. The molecule has 1 fully saturated rings. The van der Waals surface area contributed by atoms with Crippen molar-refractivity contribution in [2.45, 2.75) is 39.5 Å². The summed E-state index contributed by atoms with van der Waals surface area (Å²) in [6.45, 7) is 4.39. The van der Waals surface area contributed by atoms with Crippen LogP contribution in [0.15, 0.2) is 0 Å². The number of nitriles is 1. The van der Waals surface area contributed by atoms with E-state index in [1.807, 2.05) is 0 Å². The number of hydrogen-bond donors (Lipinski definition) is 0. The summed E-state index contributed by atoms with van der Waals surface area (Å²) in [5.74, 6) is 0.627. The van der Waals surface area contributed by atoms with E-state index in [1.54, 1.807) is 0 Å². The summed E-state index contributed by atoms with van der Waals surface area (Å²) in [4.78, 5) is 0. The van der Waals surface area contributed by atoms with E-state index >= 15 is 0 Å². The molecular weight excluding hydrogens is 122 g/mol. The molecule has 0 bridgehead atoms. The third-order valence-electron chi connectivity index (χ3n) is 2.68. The van der Waals surface area contributed by atoms with E-state index in [9.17, 15) is 0 Å². The Hall–Kier alpha value is -0.510. The fraction of sp³-hybridized carbons (Fsp3) is 0.889. The lowest BCUT2D eigenvalue weighted by Crippen LogP contribution is -2.09. The first-order valence-corrected chi connectivity index (χ1v) is 4.16. The maximum absolute atomic E-state index is 8.80. The first-order chi connectivity index (χ1) is 4.75. The molecule has 0 aromatic heterocycles. The molecule has 0 aliphatic heterocycles. The van der Waals surface area contributed by atoms with Gasteiger partial charge in [-0.3, -0.25) is 0 Å². The van der Waals surface area contributed by atoms with Gasteiger partial charge in [0.1, 0.15) is 0 Å². The molecule has 10 heavy (non-hydrogen) atoms. The van der Waals surface area contributed by atoms with Crippen molar-refractivity contribution in [2.24, 2.45) is 11.3 Å². The van der Waals surface area contributed by atoms with Crippen molar-refractivity contribution >= 4 is 0 Å². The highest BCUT2D eigenvalue weighted by Crippen LogP contribution is 2.52. The molecule has 0 amide bonds. The Bertz CT molecular complexity index is 151. The lowest BCUT2D eigenvalue weighted by Gasteiger charge is -2.13. The Morgan fingerprint density at radius 2 is 2.20 bits per heavy atom. The highest BCUT2D eigenvalue weighted by Gasteiger charge is 2.47. The minimum atomic E-state index is 0.107. The van der Waals surface area contributed by atoms with Crippen LogP contribution in [0.1, 0.15) is 39.5 Å². The molecule has 0 heterocycles. The predicted octanol–water partition coefficient (Wildman–Crippen LogP) is 2.73. The number of hydrogen-bond acceptors (Lipinski definition) is 1. The van der Waals surface area contributed by atoms with Crippen molar-refractivity contribution in [3.63, 3.8) is 0 Å². The zero-order chi connectivity index (χ0) is 7.61. The molecule has 56 valence electrons. The molecule has 0 aromatic carbocycles. The van der Waals surface area contributed by atoms with Gasteiger partial charge in [-0.2, -0.15) is 5.26 Å². The predicted molar refractivity (Wildman–Crippen MR) is 41.4 cm³/mol. The molecule has 1 heteroatoms. The quantitative estimate of drug-likeness (QED) is 0.586. The maximum atomic E-state index is 8.80. The van der Waals surface area contributed by atoms with Gasteiger partial charge in [-0.15, -0.1) is 0 Å². The van der Waals surface area contributed by atoms with E-state index < -0.39 is 0 Å². The van der Waals surface area contributed by atoms with Gasteiger partial charge in [0.15, 0.2) is 0 Å². The lowest BCUT2D eigenvalue weighted by atomic mass is 9.88. The molecule has 0 radical (unpaired) electrons. The van der Waals surface area contributed by atoms with E-state index in [4.69, 9.17) is 5.26 Å². The van der Waals surface area contributed by atoms with Gasteiger partial charge in [0.05, 0.1) is 11.5 Å². The molecule has 1 atom stereocenters. The van der Waals surface area contributed by atoms with E-state index in [2.05, 4.69) is 19.9 Å². The third kappa shape index (κ3) is 1.16. The van der Waals surface area contributed by atoms with Crippen molar-refractivity contribution in [3.8, 4) is 6.07 Å². The summed E-state index contributed by atoms with van der Waals surface area (Å²) in [5.41, 5.74) is 0.107. The van der Waals surface area contributed by atoms with Gasteiger partial charge in [0.2, 0.25) is 0 Å².